The van der Waals surface area contributed by atoms with Gasteiger partial charge < -0.3 is 0 Å². The maximum atomic E-state index is 12.9. The number of nitrogens with one attached hydrogen (secondary N) is 2. The van der Waals surface area contributed by atoms with Crippen LogP contribution < -0.4 is 9.44 Å². The van der Waals surface area contributed by atoms with Gasteiger partial charge in [-0.15, -0.1) is 0 Å². The third-order valence-electron chi connectivity index (χ3n) is 4.32. The molecule has 0 amide bonds. The molecule has 0 fully saturated rings. The summed E-state index contributed by atoms with van der Waals surface area (Å²) in [6.07, 6.45) is 0. The van der Waals surface area contributed by atoms with Crippen molar-refractivity contribution in [3.63, 3.8) is 0 Å². The Bertz CT molecular complexity index is 1000. The van der Waals surface area contributed by atoms with Crippen LogP contribution in [0.3, 0.4) is 0 Å². The minimum atomic E-state index is -3.79. The van der Waals surface area contributed by atoms with Crippen LogP contribution in [0.2, 0.25) is 0 Å². The molecule has 0 bridgehead atoms. The molecule has 0 spiro atoms. The third kappa shape index (κ3) is 4.08. The normalized spacial score (nSPS) is 12.2. The van der Waals surface area contributed by atoms with Crippen LogP contribution in [0, 0.1) is 27.7 Å². The Kier molecular flexibility index (Phi) is 5.79. The Morgan fingerprint density at radius 2 is 1.31 bits per heavy atom. The van der Waals surface area contributed by atoms with Crippen LogP contribution in [-0.2, 0) is 20.0 Å². The van der Waals surface area contributed by atoms with Crippen molar-refractivity contribution < 1.29 is 16.8 Å². The summed E-state index contributed by atoms with van der Waals surface area (Å²) in [6, 6.07) is 7.59. The van der Waals surface area contributed by atoms with Crippen molar-refractivity contribution in [2.75, 3.05) is 11.3 Å². The lowest BCUT2D eigenvalue weighted by Gasteiger charge is -2.17. The molecule has 2 N–H and O–H groups in total. The standard InChI is InChI=1S/C18H24N2O4S2/c1-6-19-25(21,22)17-9-7-16(8-10-17)20-26(23,24)18-14(4)12(2)11-13(3)15(18)5/h7-11,19-20H,6H2,1-5H3. The van der Waals surface area contributed by atoms with E-state index >= 15 is 0 Å². The van der Waals surface area contributed by atoms with Crippen molar-refractivity contribution in [2.45, 2.75) is 44.4 Å². The Morgan fingerprint density at radius 3 is 1.77 bits per heavy atom. The fourth-order valence-electron chi connectivity index (χ4n) is 2.77. The second-order valence-corrected chi connectivity index (χ2v) is 9.61. The average molecular weight is 397 g/mol. The number of anilines is 1. The Hall–Kier alpha value is -1.90. The van der Waals surface area contributed by atoms with E-state index in [0.29, 0.717) is 16.8 Å². The molecule has 8 heteroatoms. The van der Waals surface area contributed by atoms with Crippen LogP contribution >= 0.6 is 0 Å². The summed E-state index contributed by atoms with van der Waals surface area (Å²) in [5.41, 5.74) is 3.51. The Balaban J connectivity index is 2.40. The van der Waals surface area contributed by atoms with E-state index in [4.69, 9.17) is 0 Å². The molecule has 0 radical (unpaired) electrons. The lowest BCUT2D eigenvalue weighted by atomic mass is 10.0. The fraction of sp³-hybridized carbons (Fsp3) is 0.333. The van der Waals surface area contributed by atoms with Crippen LogP contribution in [-0.4, -0.2) is 23.4 Å². The number of sulfonamides is 2. The van der Waals surface area contributed by atoms with Gasteiger partial charge in [-0.1, -0.05) is 13.0 Å². The maximum Gasteiger partial charge on any atom is 0.262 e. The van der Waals surface area contributed by atoms with Gasteiger partial charge in [-0.25, -0.2) is 21.6 Å². The number of rotatable bonds is 6. The fourth-order valence-corrected chi connectivity index (χ4v) is 5.48. The van der Waals surface area contributed by atoms with E-state index in [9.17, 15) is 16.8 Å². The highest BCUT2D eigenvalue weighted by Crippen LogP contribution is 2.28. The molecule has 2 aromatic carbocycles. The van der Waals surface area contributed by atoms with E-state index < -0.39 is 20.0 Å². The van der Waals surface area contributed by atoms with Gasteiger partial charge in [0.05, 0.1) is 9.79 Å². The summed E-state index contributed by atoms with van der Waals surface area (Å²) >= 11 is 0. The molecular weight excluding hydrogens is 372 g/mol. The zero-order valence-corrected chi connectivity index (χ0v) is 17.2. The molecule has 0 aromatic heterocycles. The molecule has 0 saturated heterocycles. The molecule has 142 valence electrons. The van der Waals surface area contributed by atoms with Crippen LogP contribution in [0.15, 0.2) is 40.1 Å². The zero-order chi connectivity index (χ0) is 19.7. The van der Waals surface area contributed by atoms with E-state index in [1.807, 2.05) is 19.9 Å². The second-order valence-electron chi connectivity index (χ2n) is 6.22. The largest absolute Gasteiger partial charge is 0.280 e. The smallest absolute Gasteiger partial charge is 0.262 e. The molecule has 26 heavy (non-hydrogen) atoms. The van der Waals surface area contributed by atoms with E-state index in [0.717, 1.165) is 11.1 Å². The first-order valence-corrected chi connectivity index (χ1v) is 11.2. The van der Waals surface area contributed by atoms with Gasteiger partial charge in [-0.3, -0.25) is 4.72 Å². The van der Waals surface area contributed by atoms with Gasteiger partial charge in [0.25, 0.3) is 10.0 Å². The van der Waals surface area contributed by atoms with Crippen LogP contribution in [0.25, 0.3) is 0 Å². The molecule has 0 aliphatic heterocycles. The Labute approximate surface area is 155 Å². The summed E-state index contributed by atoms with van der Waals surface area (Å²) < 4.78 is 54.6. The van der Waals surface area contributed by atoms with Gasteiger partial charge >= 0.3 is 0 Å². The topological polar surface area (TPSA) is 92.3 Å². The summed E-state index contributed by atoms with van der Waals surface area (Å²) in [6.45, 7) is 9.28. The summed E-state index contributed by atoms with van der Waals surface area (Å²) in [7, 11) is -7.37. The van der Waals surface area contributed by atoms with Crippen LogP contribution in [0.4, 0.5) is 5.69 Å². The van der Waals surface area contributed by atoms with Gasteiger partial charge in [0.15, 0.2) is 0 Å². The number of benzene rings is 2. The zero-order valence-electron chi connectivity index (χ0n) is 15.5. The molecule has 2 aromatic rings. The van der Waals surface area contributed by atoms with Crippen molar-refractivity contribution in [2.24, 2.45) is 0 Å². The summed E-state index contributed by atoms with van der Waals surface area (Å²) in [5, 5.41) is 0. The first kappa shape index (κ1) is 20.4. The highest BCUT2D eigenvalue weighted by molar-refractivity contribution is 7.92. The van der Waals surface area contributed by atoms with E-state index in [2.05, 4.69) is 9.44 Å². The third-order valence-corrected chi connectivity index (χ3v) is 7.53. The lowest BCUT2D eigenvalue weighted by molar-refractivity contribution is 0.584. The van der Waals surface area contributed by atoms with Gasteiger partial charge in [0.1, 0.15) is 0 Å². The van der Waals surface area contributed by atoms with Gasteiger partial charge in [-0.2, -0.15) is 0 Å². The lowest BCUT2D eigenvalue weighted by Crippen LogP contribution is -2.23. The predicted octanol–water partition coefficient (Wildman–Crippen LogP) is 3.02. The number of hydrogen-bond acceptors (Lipinski definition) is 4. The molecule has 0 atom stereocenters. The molecule has 0 unspecified atom stereocenters. The van der Waals surface area contributed by atoms with Crippen LogP contribution in [0.5, 0.6) is 0 Å². The summed E-state index contributed by atoms with van der Waals surface area (Å²) in [4.78, 5) is 0.348. The molecule has 0 aliphatic rings. The first-order valence-electron chi connectivity index (χ1n) is 8.19. The van der Waals surface area contributed by atoms with Crippen LogP contribution in [0.1, 0.15) is 29.2 Å². The molecular formula is C18H24N2O4S2. The number of hydrogen-bond donors (Lipinski definition) is 2. The van der Waals surface area contributed by atoms with Gasteiger partial charge in [-0.05, 0) is 74.2 Å². The van der Waals surface area contributed by atoms with Crippen molar-refractivity contribution in [1.29, 1.82) is 0 Å². The maximum absolute atomic E-state index is 12.9. The summed E-state index contributed by atoms with van der Waals surface area (Å²) in [5.74, 6) is 0. The molecule has 0 aliphatic carbocycles. The monoisotopic (exact) mass is 396 g/mol. The quantitative estimate of drug-likeness (QED) is 0.785. The van der Waals surface area contributed by atoms with Crippen molar-refractivity contribution in [1.82, 2.24) is 4.72 Å². The molecule has 0 saturated carbocycles. The molecule has 0 heterocycles. The molecule has 2 rings (SSSR count). The minimum Gasteiger partial charge on any atom is -0.280 e. The highest BCUT2D eigenvalue weighted by Gasteiger charge is 2.22. The van der Waals surface area contributed by atoms with E-state index in [1.165, 1.54) is 24.3 Å². The predicted molar refractivity (Wildman–Crippen MR) is 104 cm³/mol. The second kappa shape index (κ2) is 7.38. The number of aryl methyl sites for hydroxylation is 2. The van der Waals surface area contributed by atoms with Crippen molar-refractivity contribution in [3.8, 4) is 0 Å². The van der Waals surface area contributed by atoms with E-state index in [-0.39, 0.29) is 16.3 Å². The Morgan fingerprint density at radius 1 is 0.808 bits per heavy atom. The SMILES string of the molecule is CCNS(=O)(=O)c1ccc(NS(=O)(=O)c2c(C)c(C)cc(C)c2C)cc1. The van der Waals surface area contributed by atoms with E-state index in [1.54, 1.807) is 20.8 Å². The average Bonchev–Trinajstić information content (AvgIpc) is 2.53. The first-order chi connectivity index (χ1) is 12.0. The minimum absolute atomic E-state index is 0.0843. The highest BCUT2D eigenvalue weighted by atomic mass is 32.2. The van der Waals surface area contributed by atoms with Crippen molar-refractivity contribution >= 4 is 25.7 Å². The van der Waals surface area contributed by atoms with Crippen molar-refractivity contribution in [3.05, 3.63) is 52.6 Å². The van der Waals surface area contributed by atoms with Gasteiger partial charge in [0, 0.05) is 12.2 Å². The van der Waals surface area contributed by atoms with Gasteiger partial charge in [0.2, 0.25) is 10.0 Å². The molecule has 6 nitrogen and oxygen atoms in total.